The van der Waals surface area contributed by atoms with E-state index in [1.807, 2.05) is 37.3 Å². The molecule has 0 N–H and O–H groups in total. The zero-order valence-electron chi connectivity index (χ0n) is 15.5. The first kappa shape index (κ1) is 23.2. The van der Waals surface area contributed by atoms with E-state index >= 15 is 0 Å². The first-order valence-electron chi connectivity index (χ1n) is 8.54. The van der Waals surface area contributed by atoms with Crippen molar-refractivity contribution in [2.45, 2.75) is 32.6 Å². The molecule has 2 aromatic rings. The number of hydrogen-bond donors (Lipinski definition) is 0. The number of ether oxygens (including phenoxy) is 1. The molecule has 0 bridgehead atoms. The second-order valence-electron chi connectivity index (χ2n) is 5.74. The molecule has 5 nitrogen and oxygen atoms in total. The quantitative estimate of drug-likeness (QED) is 0.374. The molecule has 0 amide bonds. The number of benzene rings is 1. The van der Waals surface area contributed by atoms with Gasteiger partial charge in [-0.05, 0) is 37.7 Å². The summed E-state index contributed by atoms with van der Waals surface area (Å²) in [6, 6.07) is 9.87. The molecule has 7 heteroatoms. The van der Waals surface area contributed by atoms with Crippen molar-refractivity contribution in [1.29, 1.82) is 0 Å². The van der Waals surface area contributed by atoms with Crippen molar-refractivity contribution in [3.05, 3.63) is 41.8 Å². The van der Waals surface area contributed by atoms with Gasteiger partial charge in [0.1, 0.15) is 5.76 Å². The zero-order chi connectivity index (χ0) is 17.9. The van der Waals surface area contributed by atoms with Crippen molar-refractivity contribution >= 4 is 17.7 Å². The van der Waals surface area contributed by atoms with E-state index in [1.165, 1.54) is 11.8 Å². The normalized spacial score (nSPS) is 10.5. The Morgan fingerprint density at radius 2 is 1.96 bits per heavy atom. The van der Waals surface area contributed by atoms with Gasteiger partial charge >= 0.3 is 29.6 Å². The van der Waals surface area contributed by atoms with Crippen molar-refractivity contribution in [2.24, 2.45) is 0 Å². The average molecular weight is 385 g/mol. The Hall–Kier alpha value is -0.790. The molecule has 0 aliphatic rings. The Balaban J connectivity index is 0.00000338. The minimum atomic E-state index is -0.994. The SMILES string of the molecule is Cc1oc(-c2ccccc2)nc1CCOCCCCCSCC(=O)[O-].[Na+]. The molecule has 0 fully saturated rings. The number of aliphatic carboxylic acids is 1. The second kappa shape index (κ2) is 13.4. The van der Waals surface area contributed by atoms with Crippen LogP contribution in [-0.2, 0) is 16.0 Å². The van der Waals surface area contributed by atoms with E-state index in [1.54, 1.807) is 0 Å². The van der Waals surface area contributed by atoms with E-state index in [4.69, 9.17) is 9.15 Å². The molecular formula is C19H24NNaO4S. The van der Waals surface area contributed by atoms with E-state index in [0.29, 0.717) is 19.1 Å². The first-order valence-corrected chi connectivity index (χ1v) is 9.69. The molecule has 0 atom stereocenters. The first-order chi connectivity index (χ1) is 12.2. The van der Waals surface area contributed by atoms with Gasteiger partial charge in [0.05, 0.1) is 18.3 Å². The summed E-state index contributed by atoms with van der Waals surface area (Å²) in [5, 5.41) is 10.3. The summed E-state index contributed by atoms with van der Waals surface area (Å²) in [4.78, 5) is 14.8. The fourth-order valence-corrected chi connectivity index (χ4v) is 3.09. The van der Waals surface area contributed by atoms with Gasteiger partial charge in [0.2, 0.25) is 5.89 Å². The predicted molar refractivity (Wildman–Crippen MR) is 97.4 cm³/mol. The third-order valence-corrected chi connectivity index (χ3v) is 4.71. The van der Waals surface area contributed by atoms with Gasteiger partial charge in [0.25, 0.3) is 0 Å². The molecule has 1 aromatic carbocycles. The van der Waals surface area contributed by atoms with Gasteiger partial charge in [0.15, 0.2) is 0 Å². The summed E-state index contributed by atoms with van der Waals surface area (Å²) in [7, 11) is 0. The van der Waals surface area contributed by atoms with Gasteiger partial charge in [-0.15, -0.1) is 0 Å². The van der Waals surface area contributed by atoms with Gasteiger partial charge in [-0.1, -0.05) is 24.6 Å². The number of aromatic nitrogens is 1. The van der Waals surface area contributed by atoms with Crippen molar-refractivity contribution in [2.75, 3.05) is 24.7 Å². The number of hydrogen-bond acceptors (Lipinski definition) is 6. The third kappa shape index (κ3) is 8.73. The minimum absolute atomic E-state index is 0. The van der Waals surface area contributed by atoms with Crippen LogP contribution < -0.4 is 34.7 Å². The van der Waals surface area contributed by atoms with E-state index in [2.05, 4.69) is 4.98 Å². The number of thioether (sulfide) groups is 1. The number of carboxylic acid groups (broad SMARTS) is 1. The standard InChI is InChI=1S/C19H25NO4S.Na/c1-15-17(20-19(24-15)16-8-4-2-5-9-16)10-12-23-11-6-3-7-13-25-14-18(21)22;/h2,4-5,8-9H,3,6-7,10-14H2,1H3,(H,21,22);/q;+1/p-1. The summed E-state index contributed by atoms with van der Waals surface area (Å²) < 4.78 is 11.4. The Morgan fingerprint density at radius 3 is 2.69 bits per heavy atom. The summed E-state index contributed by atoms with van der Waals surface area (Å²) in [6.07, 6.45) is 3.77. The monoisotopic (exact) mass is 385 g/mol. The van der Waals surface area contributed by atoms with Crippen LogP contribution in [0.4, 0.5) is 0 Å². The topological polar surface area (TPSA) is 75.4 Å². The molecule has 0 unspecified atom stereocenters. The Morgan fingerprint density at radius 1 is 1.19 bits per heavy atom. The second-order valence-corrected chi connectivity index (χ2v) is 6.84. The maximum absolute atomic E-state index is 10.3. The molecule has 136 valence electrons. The summed E-state index contributed by atoms with van der Waals surface area (Å²) in [5.74, 6) is 1.44. The van der Waals surface area contributed by atoms with Crippen LogP contribution in [0.25, 0.3) is 11.5 Å². The van der Waals surface area contributed by atoms with Gasteiger partial charge < -0.3 is 19.1 Å². The number of carbonyl (C=O) groups is 1. The average Bonchev–Trinajstić information content (AvgIpc) is 2.98. The summed E-state index contributed by atoms with van der Waals surface area (Å²) in [6.45, 7) is 3.27. The summed E-state index contributed by atoms with van der Waals surface area (Å²) in [5.41, 5.74) is 1.92. The smallest absolute Gasteiger partial charge is 0.549 e. The van der Waals surface area contributed by atoms with Gasteiger partial charge in [-0.25, -0.2) is 4.98 Å². The molecule has 0 aliphatic carbocycles. The third-order valence-electron chi connectivity index (χ3n) is 3.69. The molecule has 1 aromatic heterocycles. The Bertz CT molecular complexity index is 648. The van der Waals surface area contributed by atoms with Crippen LogP contribution in [0.2, 0.25) is 0 Å². The van der Waals surface area contributed by atoms with Crippen LogP contribution in [0.3, 0.4) is 0 Å². The number of oxazole rings is 1. The molecule has 0 aliphatic heterocycles. The number of unbranched alkanes of at least 4 members (excludes halogenated alkanes) is 2. The Labute approximate surface area is 181 Å². The number of aryl methyl sites for hydroxylation is 1. The van der Waals surface area contributed by atoms with E-state index in [0.717, 1.165) is 48.5 Å². The van der Waals surface area contributed by atoms with Gasteiger partial charge in [0, 0.05) is 24.3 Å². The van der Waals surface area contributed by atoms with Crippen LogP contribution in [0.1, 0.15) is 30.7 Å². The molecule has 2 rings (SSSR count). The largest absolute Gasteiger partial charge is 1.00 e. The van der Waals surface area contributed by atoms with Crippen molar-refractivity contribution < 1.29 is 48.6 Å². The van der Waals surface area contributed by atoms with E-state index in [-0.39, 0.29) is 35.3 Å². The fourth-order valence-electron chi connectivity index (χ4n) is 2.38. The molecule has 0 radical (unpaired) electrons. The molecule has 0 saturated carbocycles. The van der Waals surface area contributed by atoms with Crippen LogP contribution in [-0.4, -0.2) is 35.7 Å². The van der Waals surface area contributed by atoms with Crippen molar-refractivity contribution in [3.8, 4) is 11.5 Å². The zero-order valence-corrected chi connectivity index (χ0v) is 18.3. The number of nitrogens with zero attached hydrogens (tertiary/aromatic N) is 1. The van der Waals surface area contributed by atoms with Gasteiger partial charge in [-0.2, -0.15) is 11.8 Å². The molecule has 1 heterocycles. The molecule has 0 saturated heterocycles. The fraction of sp³-hybridized carbons (Fsp3) is 0.474. The van der Waals surface area contributed by atoms with Crippen LogP contribution in [0, 0.1) is 6.92 Å². The molecule has 0 spiro atoms. The maximum atomic E-state index is 10.3. The minimum Gasteiger partial charge on any atom is -0.549 e. The van der Waals surface area contributed by atoms with E-state index in [9.17, 15) is 9.90 Å². The number of carbonyl (C=O) groups excluding carboxylic acids is 1. The van der Waals surface area contributed by atoms with Crippen molar-refractivity contribution in [3.63, 3.8) is 0 Å². The Kier molecular flexibility index (Phi) is 12.0. The van der Waals surface area contributed by atoms with Crippen LogP contribution >= 0.6 is 11.8 Å². The van der Waals surface area contributed by atoms with Gasteiger partial charge in [-0.3, -0.25) is 0 Å². The number of rotatable bonds is 12. The molecule has 26 heavy (non-hydrogen) atoms. The summed E-state index contributed by atoms with van der Waals surface area (Å²) >= 11 is 1.41. The van der Waals surface area contributed by atoms with Crippen LogP contribution in [0.5, 0.6) is 0 Å². The van der Waals surface area contributed by atoms with Crippen LogP contribution in [0.15, 0.2) is 34.7 Å². The van der Waals surface area contributed by atoms with Crippen molar-refractivity contribution in [1.82, 2.24) is 4.98 Å². The van der Waals surface area contributed by atoms with E-state index < -0.39 is 5.97 Å². The predicted octanol–water partition coefficient (Wildman–Crippen LogP) is -0.133. The molecular weight excluding hydrogens is 361 g/mol. The maximum Gasteiger partial charge on any atom is 1.00 e. The number of carboxylic acids is 1.